The Labute approximate surface area is 120 Å². The summed E-state index contributed by atoms with van der Waals surface area (Å²) in [5.41, 5.74) is 0.565. The molecule has 1 saturated carbocycles. The van der Waals surface area contributed by atoms with Crippen molar-refractivity contribution in [3.63, 3.8) is 0 Å². The number of likely N-dealkylation sites (tertiary alicyclic amines) is 1. The third-order valence-corrected chi connectivity index (χ3v) is 5.47. The van der Waals surface area contributed by atoms with Crippen LogP contribution in [0, 0.1) is 17.3 Å². The van der Waals surface area contributed by atoms with Gasteiger partial charge in [-0.2, -0.15) is 0 Å². The van der Waals surface area contributed by atoms with Crippen LogP contribution in [0.1, 0.15) is 60.3 Å². The van der Waals surface area contributed by atoms with Gasteiger partial charge in [-0.1, -0.05) is 34.6 Å². The van der Waals surface area contributed by atoms with E-state index in [1.54, 1.807) is 0 Å². The predicted molar refractivity (Wildman–Crippen MR) is 83.4 cm³/mol. The van der Waals surface area contributed by atoms with Gasteiger partial charge in [0.15, 0.2) is 0 Å². The fraction of sp³-hybridized carbons (Fsp3) is 1.00. The van der Waals surface area contributed by atoms with Gasteiger partial charge in [0.2, 0.25) is 0 Å². The third kappa shape index (κ3) is 3.72. The Balaban J connectivity index is 2.02. The monoisotopic (exact) mass is 266 g/mol. The number of hydrogen-bond donors (Lipinski definition) is 1. The predicted octanol–water partition coefficient (Wildman–Crippen LogP) is 3.52. The molecule has 1 aliphatic carbocycles. The first-order valence-corrected chi connectivity index (χ1v) is 8.40. The molecule has 0 bridgehead atoms. The molecule has 0 aromatic carbocycles. The van der Waals surface area contributed by atoms with E-state index in [9.17, 15) is 0 Å². The van der Waals surface area contributed by atoms with Crippen molar-refractivity contribution in [2.24, 2.45) is 17.3 Å². The zero-order valence-electron chi connectivity index (χ0n) is 13.7. The van der Waals surface area contributed by atoms with E-state index in [-0.39, 0.29) is 0 Å². The maximum Gasteiger partial charge on any atom is 0.0275 e. The maximum atomic E-state index is 3.77. The number of likely N-dealkylation sites (N-methyl/N-ethyl adjacent to an activating group) is 1. The Morgan fingerprint density at radius 3 is 2.32 bits per heavy atom. The van der Waals surface area contributed by atoms with Crippen LogP contribution >= 0.6 is 0 Å². The van der Waals surface area contributed by atoms with Gasteiger partial charge in [-0.05, 0) is 62.6 Å². The molecular formula is C17H34N2. The van der Waals surface area contributed by atoms with Gasteiger partial charge in [-0.15, -0.1) is 0 Å². The van der Waals surface area contributed by atoms with E-state index in [0.29, 0.717) is 11.5 Å². The lowest BCUT2D eigenvalue weighted by atomic mass is 9.74. The van der Waals surface area contributed by atoms with Crippen LogP contribution in [0.25, 0.3) is 0 Å². The Hall–Kier alpha value is -0.0800. The van der Waals surface area contributed by atoms with Gasteiger partial charge in [-0.3, -0.25) is 4.90 Å². The van der Waals surface area contributed by atoms with Crippen LogP contribution in [-0.2, 0) is 0 Å². The van der Waals surface area contributed by atoms with Gasteiger partial charge < -0.3 is 5.32 Å². The van der Waals surface area contributed by atoms with Crippen LogP contribution in [0.5, 0.6) is 0 Å². The highest BCUT2D eigenvalue weighted by Crippen LogP contribution is 2.37. The summed E-state index contributed by atoms with van der Waals surface area (Å²) in [5, 5.41) is 3.77. The number of piperidine rings is 1. The summed E-state index contributed by atoms with van der Waals surface area (Å²) < 4.78 is 0. The average molecular weight is 266 g/mol. The van der Waals surface area contributed by atoms with Crippen molar-refractivity contribution in [1.82, 2.24) is 10.2 Å². The standard InChI is InChI=1S/C17H34N2/c1-6-18-15-12-13(2)11-14(3)16(15)19-9-7-17(4,5)8-10-19/h13-16,18H,6-12H2,1-5H3. The fourth-order valence-electron chi connectivity index (χ4n) is 4.35. The Bertz CT molecular complexity index is 277. The number of rotatable bonds is 3. The first-order chi connectivity index (χ1) is 8.93. The summed E-state index contributed by atoms with van der Waals surface area (Å²) in [6.07, 6.45) is 5.50. The molecule has 0 aromatic heterocycles. The molecule has 1 saturated heterocycles. The molecule has 19 heavy (non-hydrogen) atoms. The molecule has 2 heteroatoms. The third-order valence-electron chi connectivity index (χ3n) is 5.47. The van der Waals surface area contributed by atoms with E-state index in [2.05, 4.69) is 44.8 Å². The molecule has 112 valence electrons. The zero-order chi connectivity index (χ0) is 14.0. The lowest BCUT2D eigenvalue weighted by molar-refractivity contribution is 0.0210. The smallest absolute Gasteiger partial charge is 0.0275 e. The maximum absolute atomic E-state index is 3.77. The molecule has 4 unspecified atom stereocenters. The van der Waals surface area contributed by atoms with Crippen LogP contribution in [0.15, 0.2) is 0 Å². The Kier molecular flexibility index (Phi) is 4.94. The van der Waals surface area contributed by atoms with Crippen molar-refractivity contribution in [2.75, 3.05) is 19.6 Å². The number of nitrogens with one attached hydrogen (secondary N) is 1. The van der Waals surface area contributed by atoms with Crippen LogP contribution < -0.4 is 5.32 Å². The summed E-state index contributed by atoms with van der Waals surface area (Å²) in [6.45, 7) is 15.7. The van der Waals surface area contributed by atoms with Crippen molar-refractivity contribution >= 4 is 0 Å². The van der Waals surface area contributed by atoms with Gasteiger partial charge in [0.1, 0.15) is 0 Å². The first kappa shape index (κ1) is 15.3. The molecular weight excluding hydrogens is 232 g/mol. The minimum atomic E-state index is 0.565. The zero-order valence-corrected chi connectivity index (χ0v) is 13.7. The largest absolute Gasteiger partial charge is 0.313 e. The summed E-state index contributed by atoms with van der Waals surface area (Å²) in [7, 11) is 0. The van der Waals surface area contributed by atoms with Crippen molar-refractivity contribution < 1.29 is 0 Å². The van der Waals surface area contributed by atoms with Crippen LogP contribution in [-0.4, -0.2) is 36.6 Å². The summed E-state index contributed by atoms with van der Waals surface area (Å²) in [4.78, 5) is 2.80. The molecule has 2 aliphatic rings. The molecule has 2 rings (SSSR count). The molecule has 4 atom stereocenters. The van der Waals surface area contributed by atoms with Gasteiger partial charge in [0.05, 0.1) is 0 Å². The molecule has 0 radical (unpaired) electrons. The van der Waals surface area contributed by atoms with Crippen LogP contribution in [0.4, 0.5) is 0 Å². The highest BCUT2D eigenvalue weighted by Gasteiger charge is 2.39. The van der Waals surface area contributed by atoms with Crippen LogP contribution in [0.3, 0.4) is 0 Å². The average Bonchev–Trinajstić information content (AvgIpc) is 2.30. The topological polar surface area (TPSA) is 15.3 Å². The molecule has 0 aromatic rings. The Morgan fingerprint density at radius 2 is 1.74 bits per heavy atom. The van der Waals surface area contributed by atoms with E-state index in [1.807, 2.05) is 0 Å². The second-order valence-corrected chi connectivity index (χ2v) is 7.91. The second kappa shape index (κ2) is 6.13. The molecule has 2 nitrogen and oxygen atoms in total. The first-order valence-electron chi connectivity index (χ1n) is 8.40. The highest BCUT2D eigenvalue weighted by atomic mass is 15.2. The van der Waals surface area contributed by atoms with E-state index in [0.717, 1.165) is 24.4 Å². The molecule has 1 N–H and O–H groups in total. The number of hydrogen-bond acceptors (Lipinski definition) is 2. The van der Waals surface area contributed by atoms with E-state index < -0.39 is 0 Å². The van der Waals surface area contributed by atoms with E-state index >= 15 is 0 Å². The fourth-order valence-corrected chi connectivity index (χ4v) is 4.35. The minimum absolute atomic E-state index is 0.565. The SMILES string of the molecule is CCNC1CC(C)CC(C)C1N1CCC(C)(C)CC1. The molecule has 2 fully saturated rings. The molecule has 1 heterocycles. The molecule has 1 aliphatic heterocycles. The lowest BCUT2D eigenvalue weighted by Gasteiger charge is -2.49. The number of nitrogens with zero attached hydrogens (tertiary/aromatic N) is 1. The second-order valence-electron chi connectivity index (χ2n) is 7.91. The quantitative estimate of drug-likeness (QED) is 0.841. The van der Waals surface area contributed by atoms with Gasteiger partial charge in [0.25, 0.3) is 0 Å². The van der Waals surface area contributed by atoms with E-state index in [1.165, 1.54) is 38.8 Å². The highest BCUT2D eigenvalue weighted by molar-refractivity contribution is 4.95. The summed E-state index contributed by atoms with van der Waals surface area (Å²) >= 11 is 0. The van der Waals surface area contributed by atoms with Crippen molar-refractivity contribution in [1.29, 1.82) is 0 Å². The lowest BCUT2D eigenvalue weighted by Crippen LogP contribution is -2.58. The van der Waals surface area contributed by atoms with Crippen molar-refractivity contribution in [3.8, 4) is 0 Å². The van der Waals surface area contributed by atoms with Crippen LogP contribution in [0.2, 0.25) is 0 Å². The van der Waals surface area contributed by atoms with E-state index in [4.69, 9.17) is 0 Å². The van der Waals surface area contributed by atoms with Gasteiger partial charge in [0, 0.05) is 12.1 Å². The summed E-state index contributed by atoms with van der Waals surface area (Å²) in [5.74, 6) is 1.73. The molecule has 0 spiro atoms. The minimum Gasteiger partial charge on any atom is -0.313 e. The van der Waals surface area contributed by atoms with Gasteiger partial charge in [-0.25, -0.2) is 0 Å². The van der Waals surface area contributed by atoms with Crippen molar-refractivity contribution in [3.05, 3.63) is 0 Å². The normalized spacial score (nSPS) is 40.3. The Morgan fingerprint density at radius 1 is 1.11 bits per heavy atom. The molecule has 0 amide bonds. The summed E-state index contributed by atoms with van der Waals surface area (Å²) in [6, 6.07) is 1.48. The van der Waals surface area contributed by atoms with Gasteiger partial charge >= 0.3 is 0 Å². The van der Waals surface area contributed by atoms with Crippen molar-refractivity contribution in [2.45, 2.75) is 72.4 Å².